The summed E-state index contributed by atoms with van der Waals surface area (Å²) in [6.45, 7) is 0.212. The molecule has 2 N–H and O–H groups in total. The van der Waals surface area contributed by atoms with Gasteiger partial charge in [-0.15, -0.1) is 0 Å². The van der Waals surface area contributed by atoms with Crippen LogP contribution in [0.1, 0.15) is 15.9 Å². The van der Waals surface area contributed by atoms with Crippen LogP contribution >= 0.6 is 15.9 Å². The van der Waals surface area contributed by atoms with E-state index in [-0.39, 0.29) is 23.7 Å². The first-order chi connectivity index (χ1) is 13.5. The highest BCUT2D eigenvalue weighted by Crippen LogP contribution is 2.31. The van der Waals surface area contributed by atoms with E-state index in [1.165, 1.54) is 37.6 Å². The molecule has 8 heteroatoms. The predicted octanol–water partition coefficient (Wildman–Crippen LogP) is 4.42. The molecule has 0 atom stereocenters. The number of benzene rings is 2. The first kappa shape index (κ1) is 19.6. The first-order valence-electron chi connectivity index (χ1n) is 8.20. The fourth-order valence-electron chi connectivity index (χ4n) is 2.42. The third kappa shape index (κ3) is 4.58. The van der Waals surface area contributed by atoms with Gasteiger partial charge in [0.1, 0.15) is 17.1 Å². The molecule has 28 heavy (non-hydrogen) atoms. The summed E-state index contributed by atoms with van der Waals surface area (Å²) in [6.07, 6.45) is 1.49. The standard InChI is InChI=1S/C20H16BrFN2O4/c1-27-18-9-12(4-6-16(18)25)11-24-19(26)14-3-2-8-23-20(14)28-17-7-5-13(22)10-15(17)21/h2-10,25H,11H2,1H3,(H,24,26). The normalized spacial score (nSPS) is 10.4. The van der Waals surface area contributed by atoms with Crippen molar-refractivity contribution in [3.05, 3.63) is 76.1 Å². The molecule has 3 aromatic rings. The maximum absolute atomic E-state index is 13.2. The minimum atomic E-state index is -0.414. The van der Waals surface area contributed by atoms with E-state index in [4.69, 9.17) is 9.47 Å². The zero-order valence-corrected chi connectivity index (χ0v) is 16.4. The fraction of sp³-hybridized carbons (Fsp3) is 0.100. The zero-order valence-electron chi connectivity index (χ0n) is 14.8. The minimum absolute atomic E-state index is 0.0189. The van der Waals surface area contributed by atoms with Crippen LogP contribution < -0.4 is 14.8 Å². The Bertz CT molecular complexity index is 1010. The topological polar surface area (TPSA) is 80.7 Å². The number of rotatable bonds is 6. The van der Waals surface area contributed by atoms with Crippen LogP contribution in [0.4, 0.5) is 4.39 Å². The lowest BCUT2D eigenvalue weighted by atomic mass is 10.2. The zero-order chi connectivity index (χ0) is 20.1. The molecule has 1 aromatic heterocycles. The number of nitrogens with one attached hydrogen (secondary N) is 1. The second-order valence-electron chi connectivity index (χ2n) is 5.72. The number of pyridine rings is 1. The Labute approximate surface area is 169 Å². The quantitative estimate of drug-likeness (QED) is 0.585. The number of methoxy groups -OCH3 is 1. The van der Waals surface area contributed by atoms with E-state index >= 15 is 0 Å². The highest BCUT2D eigenvalue weighted by Gasteiger charge is 2.16. The highest BCUT2D eigenvalue weighted by molar-refractivity contribution is 9.10. The number of hydrogen-bond acceptors (Lipinski definition) is 5. The van der Waals surface area contributed by atoms with Crippen LogP contribution in [0.15, 0.2) is 59.2 Å². The number of halogens is 2. The Kier molecular flexibility index (Phi) is 6.10. The first-order valence-corrected chi connectivity index (χ1v) is 8.99. The fourth-order valence-corrected chi connectivity index (χ4v) is 2.85. The van der Waals surface area contributed by atoms with Gasteiger partial charge in [0.15, 0.2) is 11.5 Å². The molecule has 2 aromatic carbocycles. The summed E-state index contributed by atoms with van der Waals surface area (Å²) in [5, 5.41) is 12.4. The number of phenolic OH excluding ortho intramolecular Hbond substituents is 1. The lowest BCUT2D eigenvalue weighted by molar-refractivity contribution is 0.0948. The van der Waals surface area contributed by atoms with Crippen molar-refractivity contribution in [2.75, 3.05) is 7.11 Å². The van der Waals surface area contributed by atoms with E-state index in [1.54, 1.807) is 24.3 Å². The van der Waals surface area contributed by atoms with Gasteiger partial charge in [0.05, 0.1) is 11.6 Å². The Balaban J connectivity index is 1.75. The molecule has 1 heterocycles. The average molecular weight is 447 g/mol. The van der Waals surface area contributed by atoms with Gasteiger partial charge in [0.2, 0.25) is 5.88 Å². The monoisotopic (exact) mass is 446 g/mol. The van der Waals surface area contributed by atoms with E-state index < -0.39 is 11.7 Å². The number of carbonyl (C=O) groups is 1. The van der Waals surface area contributed by atoms with E-state index in [9.17, 15) is 14.3 Å². The largest absolute Gasteiger partial charge is 0.504 e. The summed E-state index contributed by atoms with van der Waals surface area (Å²) >= 11 is 3.22. The molecule has 0 spiro atoms. The van der Waals surface area contributed by atoms with Crippen LogP contribution in [-0.4, -0.2) is 23.1 Å². The van der Waals surface area contributed by atoms with Crippen molar-refractivity contribution >= 4 is 21.8 Å². The van der Waals surface area contributed by atoms with Gasteiger partial charge in [0.25, 0.3) is 5.91 Å². The number of ether oxygens (including phenoxy) is 2. The summed E-state index contributed by atoms with van der Waals surface area (Å²) in [4.78, 5) is 16.7. The Morgan fingerprint density at radius 2 is 2.04 bits per heavy atom. The minimum Gasteiger partial charge on any atom is -0.504 e. The van der Waals surface area contributed by atoms with Crippen LogP contribution in [0.2, 0.25) is 0 Å². The van der Waals surface area contributed by atoms with Gasteiger partial charge in [-0.3, -0.25) is 4.79 Å². The third-order valence-electron chi connectivity index (χ3n) is 3.81. The van der Waals surface area contributed by atoms with Gasteiger partial charge >= 0.3 is 0 Å². The number of phenols is 1. The van der Waals surface area contributed by atoms with Crippen LogP contribution in [0.5, 0.6) is 23.1 Å². The van der Waals surface area contributed by atoms with Crippen molar-refractivity contribution < 1.29 is 23.8 Å². The summed E-state index contributed by atoms with van der Waals surface area (Å²) in [5.74, 6) is -0.0485. The van der Waals surface area contributed by atoms with Gasteiger partial charge in [-0.2, -0.15) is 0 Å². The molecule has 3 rings (SSSR count). The van der Waals surface area contributed by atoms with E-state index in [2.05, 4.69) is 26.2 Å². The third-order valence-corrected chi connectivity index (χ3v) is 4.43. The Morgan fingerprint density at radius 1 is 1.21 bits per heavy atom. The number of hydrogen-bond donors (Lipinski definition) is 2. The Morgan fingerprint density at radius 3 is 2.79 bits per heavy atom. The number of aromatic hydroxyl groups is 1. The molecule has 6 nitrogen and oxygen atoms in total. The Hall–Kier alpha value is -3.13. The second kappa shape index (κ2) is 8.71. The molecule has 0 unspecified atom stereocenters. The lowest BCUT2D eigenvalue weighted by Crippen LogP contribution is -2.23. The molecule has 0 aliphatic rings. The van der Waals surface area contributed by atoms with Crippen molar-refractivity contribution in [1.29, 1.82) is 0 Å². The molecule has 0 fully saturated rings. The smallest absolute Gasteiger partial charge is 0.257 e. The molecule has 1 amide bonds. The summed E-state index contributed by atoms with van der Waals surface area (Å²) in [5.41, 5.74) is 0.972. The lowest BCUT2D eigenvalue weighted by Gasteiger charge is -2.12. The van der Waals surface area contributed by atoms with Crippen LogP contribution in [0, 0.1) is 5.82 Å². The van der Waals surface area contributed by atoms with Gasteiger partial charge in [-0.1, -0.05) is 6.07 Å². The molecule has 144 valence electrons. The van der Waals surface area contributed by atoms with E-state index in [1.807, 2.05) is 0 Å². The predicted molar refractivity (Wildman–Crippen MR) is 104 cm³/mol. The molecule has 0 saturated heterocycles. The van der Waals surface area contributed by atoms with Gasteiger partial charge in [-0.05, 0) is 64.0 Å². The number of carbonyl (C=O) groups excluding carboxylic acids is 1. The highest BCUT2D eigenvalue weighted by atomic mass is 79.9. The SMILES string of the molecule is COc1cc(CNC(=O)c2cccnc2Oc2ccc(F)cc2Br)ccc1O. The molecule has 0 saturated carbocycles. The maximum atomic E-state index is 13.2. The van der Waals surface area contributed by atoms with Crippen molar-refractivity contribution in [2.45, 2.75) is 6.54 Å². The van der Waals surface area contributed by atoms with Gasteiger partial charge in [-0.25, -0.2) is 9.37 Å². The molecular weight excluding hydrogens is 431 g/mol. The van der Waals surface area contributed by atoms with Gasteiger partial charge < -0.3 is 19.9 Å². The van der Waals surface area contributed by atoms with Crippen molar-refractivity contribution in [3.8, 4) is 23.1 Å². The van der Waals surface area contributed by atoms with Gasteiger partial charge in [0, 0.05) is 12.7 Å². The van der Waals surface area contributed by atoms with E-state index in [0.29, 0.717) is 16.0 Å². The molecule has 0 aliphatic carbocycles. The molecule has 0 bridgehead atoms. The maximum Gasteiger partial charge on any atom is 0.257 e. The number of nitrogens with zero attached hydrogens (tertiary/aromatic N) is 1. The van der Waals surface area contributed by atoms with Crippen molar-refractivity contribution in [2.24, 2.45) is 0 Å². The van der Waals surface area contributed by atoms with Crippen LogP contribution in [-0.2, 0) is 6.54 Å². The summed E-state index contributed by atoms with van der Waals surface area (Å²) in [7, 11) is 1.45. The summed E-state index contributed by atoms with van der Waals surface area (Å²) in [6, 6.07) is 11.9. The molecule has 0 radical (unpaired) electrons. The molecule has 0 aliphatic heterocycles. The van der Waals surface area contributed by atoms with Crippen LogP contribution in [0.3, 0.4) is 0 Å². The average Bonchev–Trinajstić information content (AvgIpc) is 2.69. The van der Waals surface area contributed by atoms with E-state index in [0.717, 1.165) is 5.56 Å². The second-order valence-corrected chi connectivity index (χ2v) is 6.58. The van der Waals surface area contributed by atoms with Crippen LogP contribution in [0.25, 0.3) is 0 Å². The van der Waals surface area contributed by atoms with Crippen molar-refractivity contribution in [1.82, 2.24) is 10.3 Å². The number of aromatic nitrogens is 1. The number of amides is 1. The molecular formula is C20H16BrFN2O4. The summed E-state index contributed by atoms with van der Waals surface area (Å²) < 4.78 is 24.4. The van der Waals surface area contributed by atoms with Crippen molar-refractivity contribution in [3.63, 3.8) is 0 Å².